The molecule has 1 aliphatic heterocycles. The van der Waals surface area contributed by atoms with Gasteiger partial charge in [-0.25, -0.2) is 13.6 Å². The summed E-state index contributed by atoms with van der Waals surface area (Å²) in [5.41, 5.74) is 3.35. The highest BCUT2D eigenvalue weighted by molar-refractivity contribution is 7.15. The molecule has 1 aliphatic carbocycles. The number of benzene rings is 1. The highest BCUT2D eigenvalue weighted by Crippen LogP contribution is 2.44. The van der Waals surface area contributed by atoms with E-state index in [2.05, 4.69) is 16.1 Å². The molecule has 6 rings (SSSR count). The number of urea groups is 1. The summed E-state index contributed by atoms with van der Waals surface area (Å²) in [5.74, 6) is -1.26. The molecular formula is C25H21F2N3OS2. The second-order valence-electron chi connectivity index (χ2n) is 8.40. The van der Waals surface area contributed by atoms with Crippen LogP contribution in [0, 0.1) is 11.6 Å². The molecule has 0 unspecified atom stereocenters. The van der Waals surface area contributed by atoms with E-state index >= 15 is 0 Å². The van der Waals surface area contributed by atoms with Crippen LogP contribution in [0.3, 0.4) is 0 Å². The zero-order valence-electron chi connectivity index (χ0n) is 17.7. The van der Waals surface area contributed by atoms with E-state index in [1.54, 1.807) is 16.2 Å². The van der Waals surface area contributed by atoms with Crippen molar-refractivity contribution in [1.29, 1.82) is 0 Å². The standard InChI is InChI=1S/C25H21F2N3OS2/c26-15-9-10-18(27)19(13-15)28-25(31)30-14-17-16-5-1-2-7-21(16)33-24(17)29-11-3-6-20(29)23(30)22-8-4-12-32-22/h3-4,6,8-13,23H,1-2,5,7,14H2,(H,28,31)/t23-/m1/s1. The summed E-state index contributed by atoms with van der Waals surface area (Å²) in [7, 11) is 0. The zero-order chi connectivity index (χ0) is 22.5. The summed E-state index contributed by atoms with van der Waals surface area (Å²) in [6.07, 6.45) is 6.47. The maximum absolute atomic E-state index is 14.4. The van der Waals surface area contributed by atoms with Gasteiger partial charge >= 0.3 is 6.03 Å². The lowest BCUT2D eigenvalue weighted by atomic mass is 9.95. The van der Waals surface area contributed by atoms with Gasteiger partial charge in [0.1, 0.15) is 22.7 Å². The minimum Gasteiger partial charge on any atom is -0.310 e. The number of aromatic nitrogens is 1. The van der Waals surface area contributed by atoms with Crippen molar-refractivity contribution in [2.24, 2.45) is 0 Å². The van der Waals surface area contributed by atoms with Gasteiger partial charge in [-0.2, -0.15) is 0 Å². The minimum absolute atomic E-state index is 0.155. The topological polar surface area (TPSA) is 37.3 Å². The van der Waals surface area contributed by atoms with Crippen LogP contribution in [0.4, 0.5) is 19.3 Å². The third-order valence-electron chi connectivity index (χ3n) is 6.42. The zero-order valence-corrected chi connectivity index (χ0v) is 19.3. The Morgan fingerprint density at radius 1 is 1.06 bits per heavy atom. The van der Waals surface area contributed by atoms with Crippen molar-refractivity contribution in [2.75, 3.05) is 5.32 Å². The molecule has 4 heterocycles. The van der Waals surface area contributed by atoms with Crippen LogP contribution < -0.4 is 5.32 Å². The third kappa shape index (κ3) is 3.48. The number of hydrogen-bond acceptors (Lipinski definition) is 3. The summed E-state index contributed by atoms with van der Waals surface area (Å²) in [6.45, 7) is 0.411. The van der Waals surface area contributed by atoms with Crippen molar-refractivity contribution in [2.45, 2.75) is 38.3 Å². The first-order valence-corrected chi connectivity index (χ1v) is 12.7. The Labute approximate surface area is 198 Å². The summed E-state index contributed by atoms with van der Waals surface area (Å²) >= 11 is 3.40. The van der Waals surface area contributed by atoms with Gasteiger partial charge in [-0.15, -0.1) is 22.7 Å². The molecule has 0 spiro atoms. The highest BCUT2D eigenvalue weighted by Gasteiger charge is 2.36. The van der Waals surface area contributed by atoms with Crippen molar-refractivity contribution >= 4 is 34.4 Å². The van der Waals surface area contributed by atoms with Crippen LogP contribution >= 0.6 is 22.7 Å². The van der Waals surface area contributed by atoms with Crippen molar-refractivity contribution in [3.63, 3.8) is 0 Å². The van der Waals surface area contributed by atoms with Gasteiger partial charge in [0.05, 0.1) is 17.9 Å². The summed E-state index contributed by atoms with van der Waals surface area (Å²) in [6, 6.07) is 10.3. The van der Waals surface area contributed by atoms with Gasteiger partial charge in [-0.05, 0) is 67.0 Å². The first-order chi connectivity index (χ1) is 16.1. The van der Waals surface area contributed by atoms with Crippen LogP contribution in [0.5, 0.6) is 0 Å². The molecule has 2 aliphatic rings. The normalized spacial score (nSPS) is 17.2. The molecule has 4 aromatic rings. The molecule has 3 aromatic heterocycles. The van der Waals surface area contributed by atoms with E-state index in [-0.39, 0.29) is 11.7 Å². The van der Waals surface area contributed by atoms with Crippen molar-refractivity contribution < 1.29 is 13.6 Å². The fourth-order valence-electron chi connectivity index (χ4n) is 4.91. The molecule has 33 heavy (non-hydrogen) atoms. The van der Waals surface area contributed by atoms with Gasteiger partial charge in [0.15, 0.2) is 0 Å². The monoisotopic (exact) mass is 481 g/mol. The molecular weight excluding hydrogens is 460 g/mol. The van der Waals surface area contributed by atoms with E-state index < -0.39 is 17.7 Å². The van der Waals surface area contributed by atoms with Crippen molar-refractivity contribution in [1.82, 2.24) is 9.47 Å². The molecule has 2 amide bonds. The number of rotatable bonds is 2. The van der Waals surface area contributed by atoms with Crippen LogP contribution in [0.2, 0.25) is 0 Å². The Morgan fingerprint density at radius 3 is 2.79 bits per heavy atom. The number of halogens is 2. The fraction of sp³-hybridized carbons (Fsp3) is 0.240. The Hall–Kier alpha value is -2.97. The van der Waals surface area contributed by atoms with Gasteiger partial charge in [0, 0.05) is 27.6 Å². The second-order valence-corrected chi connectivity index (χ2v) is 10.5. The fourth-order valence-corrected chi connectivity index (χ4v) is 7.17. The average molecular weight is 482 g/mol. The van der Waals surface area contributed by atoms with Crippen molar-refractivity contribution in [3.8, 4) is 5.00 Å². The summed E-state index contributed by atoms with van der Waals surface area (Å²) in [5, 5.41) is 5.79. The van der Waals surface area contributed by atoms with Crippen LogP contribution in [-0.2, 0) is 19.4 Å². The van der Waals surface area contributed by atoms with Gasteiger partial charge < -0.3 is 14.8 Å². The highest BCUT2D eigenvalue weighted by atomic mass is 32.1. The molecule has 0 bridgehead atoms. The Balaban J connectivity index is 1.49. The maximum atomic E-state index is 14.4. The van der Waals surface area contributed by atoms with E-state index in [4.69, 9.17) is 0 Å². The Morgan fingerprint density at radius 2 is 1.94 bits per heavy atom. The minimum atomic E-state index is -0.663. The number of carbonyl (C=O) groups is 1. The number of nitrogens with one attached hydrogen (secondary N) is 1. The molecule has 0 fully saturated rings. The quantitative estimate of drug-likeness (QED) is 0.332. The number of amides is 2. The number of aryl methyl sites for hydroxylation is 1. The first kappa shape index (κ1) is 20.6. The van der Waals surface area contributed by atoms with E-state index in [1.807, 2.05) is 41.0 Å². The van der Waals surface area contributed by atoms with E-state index in [1.165, 1.54) is 22.4 Å². The average Bonchev–Trinajstić information content (AvgIpc) is 3.55. The van der Waals surface area contributed by atoms with Crippen LogP contribution in [-0.4, -0.2) is 15.5 Å². The Bertz CT molecular complexity index is 1340. The molecule has 168 valence electrons. The molecule has 1 aromatic carbocycles. The van der Waals surface area contributed by atoms with Gasteiger partial charge in [-0.3, -0.25) is 0 Å². The lowest BCUT2D eigenvalue weighted by molar-refractivity contribution is 0.195. The first-order valence-electron chi connectivity index (χ1n) is 11.0. The molecule has 1 atom stereocenters. The summed E-state index contributed by atoms with van der Waals surface area (Å²) in [4.78, 5) is 17.8. The van der Waals surface area contributed by atoms with Gasteiger partial charge in [0.25, 0.3) is 0 Å². The molecule has 4 nitrogen and oxygen atoms in total. The third-order valence-corrected chi connectivity index (χ3v) is 8.68. The van der Waals surface area contributed by atoms with Crippen LogP contribution in [0.25, 0.3) is 5.00 Å². The number of carbonyl (C=O) groups excluding carboxylic acids is 1. The van der Waals surface area contributed by atoms with Gasteiger partial charge in [0.2, 0.25) is 0 Å². The van der Waals surface area contributed by atoms with E-state index in [9.17, 15) is 13.6 Å². The van der Waals surface area contributed by atoms with E-state index in [0.717, 1.165) is 53.0 Å². The summed E-state index contributed by atoms with van der Waals surface area (Å²) < 4.78 is 30.3. The second kappa shape index (κ2) is 8.11. The van der Waals surface area contributed by atoms with Crippen molar-refractivity contribution in [3.05, 3.63) is 92.3 Å². The van der Waals surface area contributed by atoms with Crippen LogP contribution in [0.15, 0.2) is 54.0 Å². The predicted molar refractivity (Wildman–Crippen MR) is 127 cm³/mol. The Kier molecular flexibility index (Phi) is 5.07. The predicted octanol–water partition coefficient (Wildman–Crippen LogP) is 6.89. The number of fused-ring (bicyclic) bond motifs is 5. The molecule has 1 N–H and O–H groups in total. The SMILES string of the molecule is O=C(Nc1cc(F)ccc1F)N1Cc2c(sc3c2CCCC3)-n2cccc2[C@@H]1c1cccs1. The smallest absolute Gasteiger partial charge is 0.310 e. The number of hydrogen-bond donors (Lipinski definition) is 1. The molecule has 0 saturated heterocycles. The molecule has 0 saturated carbocycles. The number of anilines is 1. The lowest BCUT2D eigenvalue weighted by Crippen LogP contribution is -2.38. The molecule has 0 radical (unpaired) electrons. The van der Waals surface area contributed by atoms with E-state index in [0.29, 0.717) is 6.54 Å². The number of nitrogens with zero attached hydrogens (tertiary/aromatic N) is 2. The largest absolute Gasteiger partial charge is 0.323 e. The van der Waals surface area contributed by atoms with Gasteiger partial charge in [-0.1, -0.05) is 6.07 Å². The maximum Gasteiger partial charge on any atom is 0.323 e. The molecule has 8 heteroatoms. The number of thiophene rings is 2. The lowest BCUT2D eigenvalue weighted by Gasteiger charge is -2.30. The van der Waals surface area contributed by atoms with Crippen LogP contribution in [0.1, 0.15) is 45.5 Å².